The van der Waals surface area contributed by atoms with Gasteiger partial charge in [-0.25, -0.2) is 15.0 Å². The number of rotatable bonds is 11. The first-order chi connectivity index (χ1) is 18.7. The highest BCUT2D eigenvalue weighted by Gasteiger charge is 2.32. The average molecular weight is 671 g/mol. The van der Waals surface area contributed by atoms with E-state index in [-0.39, 0.29) is 24.5 Å². The van der Waals surface area contributed by atoms with Crippen molar-refractivity contribution in [3.8, 4) is 17.2 Å². The first-order valence-electron chi connectivity index (χ1n) is 11.9. The second kappa shape index (κ2) is 14.0. The van der Waals surface area contributed by atoms with Gasteiger partial charge in [0.15, 0.2) is 18.1 Å². The number of nitrogens with zero attached hydrogens (tertiary/aromatic N) is 1. The number of hydrogen-bond acceptors (Lipinski definition) is 8. The highest BCUT2D eigenvalue weighted by Crippen LogP contribution is 2.34. The summed E-state index contributed by atoms with van der Waals surface area (Å²) < 4.78 is 22.7. The van der Waals surface area contributed by atoms with Crippen molar-refractivity contribution in [1.29, 1.82) is 0 Å². The van der Waals surface area contributed by atoms with Crippen molar-refractivity contribution < 1.29 is 33.3 Å². The Balaban J connectivity index is 1.70. The number of carbonyl (C=O) groups excluding carboxylic acids is 3. The smallest absolute Gasteiger partial charge is 0.338 e. The summed E-state index contributed by atoms with van der Waals surface area (Å²) in [7, 11) is 1.44. The molecule has 0 aromatic heterocycles. The van der Waals surface area contributed by atoms with E-state index < -0.39 is 23.9 Å². The van der Waals surface area contributed by atoms with Gasteiger partial charge in [0.1, 0.15) is 5.75 Å². The minimum Gasteiger partial charge on any atom is -0.493 e. The van der Waals surface area contributed by atoms with Crippen LogP contribution in [0.5, 0.6) is 17.2 Å². The lowest BCUT2D eigenvalue weighted by Gasteiger charge is -2.28. The molecule has 1 aliphatic heterocycles. The lowest BCUT2D eigenvalue weighted by Crippen LogP contribution is -2.45. The van der Waals surface area contributed by atoms with Crippen LogP contribution in [0.15, 0.2) is 46.7 Å². The normalized spacial score (nSPS) is 14.9. The van der Waals surface area contributed by atoms with Crippen LogP contribution in [0.25, 0.3) is 0 Å². The van der Waals surface area contributed by atoms with Gasteiger partial charge < -0.3 is 29.6 Å². The van der Waals surface area contributed by atoms with Crippen molar-refractivity contribution in [3.63, 3.8) is 0 Å². The summed E-state index contributed by atoms with van der Waals surface area (Å²) >= 11 is 8.25. The van der Waals surface area contributed by atoms with Crippen LogP contribution in [-0.4, -0.2) is 51.1 Å². The molecule has 3 amide bonds. The van der Waals surface area contributed by atoms with E-state index >= 15 is 0 Å². The highest BCUT2D eigenvalue weighted by atomic mass is 127. The Morgan fingerprint density at radius 1 is 1.15 bits per heavy atom. The number of halogens is 2. The molecule has 208 valence electrons. The van der Waals surface area contributed by atoms with Gasteiger partial charge in [-0.15, -0.1) is 0 Å². The van der Waals surface area contributed by atoms with Gasteiger partial charge in [0.25, 0.3) is 5.91 Å². The fraction of sp³-hybridized carbons (Fsp3) is 0.308. The maximum absolute atomic E-state index is 12.6. The summed E-state index contributed by atoms with van der Waals surface area (Å²) in [6, 6.07) is 7.08. The molecule has 2 aromatic rings. The van der Waals surface area contributed by atoms with E-state index in [4.69, 9.17) is 30.5 Å². The molecule has 1 atom stereocenters. The Hall–Kier alpha value is -3.52. The molecule has 0 saturated heterocycles. The van der Waals surface area contributed by atoms with Crippen LogP contribution in [0.4, 0.5) is 4.79 Å². The zero-order valence-electron chi connectivity index (χ0n) is 21.7. The maximum Gasteiger partial charge on any atom is 0.338 e. The summed E-state index contributed by atoms with van der Waals surface area (Å²) in [5.41, 5.74) is 4.24. The van der Waals surface area contributed by atoms with Gasteiger partial charge in [-0.05, 0) is 73.2 Å². The topological polar surface area (TPSA) is 137 Å². The third-order valence-electron chi connectivity index (χ3n) is 5.36. The molecule has 2 aromatic carbocycles. The van der Waals surface area contributed by atoms with Crippen molar-refractivity contribution in [1.82, 2.24) is 16.1 Å². The number of hydrazone groups is 1. The van der Waals surface area contributed by atoms with Gasteiger partial charge in [0.2, 0.25) is 0 Å². The summed E-state index contributed by atoms with van der Waals surface area (Å²) in [6.45, 7) is 5.48. The predicted molar refractivity (Wildman–Crippen MR) is 153 cm³/mol. The number of methoxy groups -OCH3 is 1. The molecule has 11 nitrogen and oxygen atoms in total. The Bertz CT molecular complexity index is 1320. The van der Waals surface area contributed by atoms with Crippen LogP contribution in [0.3, 0.4) is 0 Å². The molecule has 13 heteroatoms. The zero-order chi connectivity index (χ0) is 28.5. The van der Waals surface area contributed by atoms with Crippen LogP contribution in [0.1, 0.15) is 37.9 Å². The Morgan fingerprint density at radius 2 is 1.92 bits per heavy atom. The average Bonchev–Trinajstić information content (AvgIpc) is 2.88. The lowest BCUT2D eigenvalue weighted by molar-refractivity contribution is -0.139. The van der Waals surface area contributed by atoms with Crippen LogP contribution < -0.4 is 30.3 Å². The molecule has 0 bridgehead atoms. The van der Waals surface area contributed by atoms with Crippen LogP contribution in [0.2, 0.25) is 5.02 Å². The Morgan fingerprint density at radius 3 is 2.62 bits per heavy atom. The second-order valence-corrected chi connectivity index (χ2v) is 9.62. The SMILES string of the molecule is CCOC(=O)C1=C(C)NC(=O)N[C@H]1c1ccc(OCC(=O)N/N=C/c2cc(Cl)cc(I)c2OCC)c(OC)c1. The van der Waals surface area contributed by atoms with E-state index in [9.17, 15) is 14.4 Å². The van der Waals surface area contributed by atoms with Crippen molar-refractivity contribution in [2.45, 2.75) is 26.8 Å². The van der Waals surface area contributed by atoms with Gasteiger partial charge in [-0.1, -0.05) is 17.7 Å². The third-order valence-corrected chi connectivity index (χ3v) is 6.38. The van der Waals surface area contributed by atoms with Crippen LogP contribution >= 0.6 is 34.2 Å². The van der Waals surface area contributed by atoms with Gasteiger partial charge in [-0.3, -0.25) is 4.79 Å². The minimum absolute atomic E-state index is 0.185. The van der Waals surface area contributed by atoms with E-state index in [1.54, 1.807) is 44.2 Å². The quantitative estimate of drug-likeness (QED) is 0.142. The lowest BCUT2D eigenvalue weighted by atomic mass is 9.95. The van der Waals surface area contributed by atoms with Gasteiger partial charge in [0, 0.05) is 16.3 Å². The molecule has 0 fully saturated rings. The molecule has 0 spiro atoms. The summed E-state index contributed by atoms with van der Waals surface area (Å²) in [5, 5.41) is 9.80. The van der Waals surface area contributed by atoms with E-state index in [0.29, 0.717) is 40.0 Å². The van der Waals surface area contributed by atoms with E-state index in [1.165, 1.54) is 13.3 Å². The second-order valence-electron chi connectivity index (χ2n) is 8.02. The molecule has 1 aliphatic rings. The molecule has 3 rings (SSSR count). The molecule has 0 aliphatic carbocycles. The fourth-order valence-electron chi connectivity index (χ4n) is 3.73. The van der Waals surface area contributed by atoms with Crippen molar-refractivity contribution in [2.75, 3.05) is 26.9 Å². The summed E-state index contributed by atoms with van der Waals surface area (Å²) in [5.74, 6) is 0.128. The number of amides is 3. The number of ether oxygens (including phenoxy) is 4. The number of carbonyl (C=O) groups is 3. The molecule has 0 saturated carbocycles. The third kappa shape index (κ3) is 7.76. The molecule has 3 N–H and O–H groups in total. The molecule has 0 radical (unpaired) electrons. The fourth-order valence-corrected chi connectivity index (χ4v) is 4.94. The summed E-state index contributed by atoms with van der Waals surface area (Å²) in [6.07, 6.45) is 1.44. The minimum atomic E-state index is -0.769. The molecule has 39 heavy (non-hydrogen) atoms. The van der Waals surface area contributed by atoms with E-state index in [0.717, 1.165) is 3.57 Å². The van der Waals surface area contributed by atoms with Crippen LogP contribution in [0, 0.1) is 3.57 Å². The van der Waals surface area contributed by atoms with Crippen molar-refractivity contribution in [3.05, 3.63) is 61.3 Å². The van der Waals surface area contributed by atoms with E-state index in [2.05, 4.69) is 43.8 Å². The first-order valence-corrected chi connectivity index (χ1v) is 13.3. The monoisotopic (exact) mass is 670 g/mol. The number of benzene rings is 2. The Kier molecular flexibility index (Phi) is 10.8. The molecular formula is C26H28ClIN4O7. The van der Waals surface area contributed by atoms with E-state index in [1.807, 2.05) is 6.92 Å². The molecular weight excluding hydrogens is 643 g/mol. The van der Waals surface area contributed by atoms with Gasteiger partial charge >= 0.3 is 12.0 Å². The summed E-state index contributed by atoms with van der Waals surface area (Å²) in [4.78, 5) is 37.0. The predicted octanol–water partition coefficient (Wildman–Crippen LogP) is 4.07. The zero-order valence-corrected chi connectivity index (χ0v) is 24.6. The number of allylic oxidation sites excluding steroid dienone is 1. The number of hydrogen-bond donors (Lipinski definition) is 3. The van der Waals surface area contributed by atoms with Gasteiger partial charge in [-0.2, -0.15) is 5.10 Å². The Labute approximate surface area is 244 Å². The van der Waals surface area contributed by atoms with Crippen molar-refractivity contribution in [2.24, 2.45) is 5.10 Å². The number of esters is 1. The maximum atomic E-state index is 12.6. The number of nitrogens with one attached hydrogen (secondary N) is 3. The molecule has 0 unspecified atom stereocenters. The highest BCUT2D eigenvalue weighted by molar-refractivity contribution is 14.1. The standard InChI is InChI=1S/C26H28ClIN4O7/c1-5-37-24-16(9-17(27)11-18(24)28)12-29-32-21(33)13-39-19-8-7-15(10-20(19)36-4)23-22(25(34)38-6-2)14(3)30-26(35)31-23/h7-12,23H,5-6,13H2,1-4H3,(H,32,33)(H2,30,31,35)/b29-12+/t23-/m0/s1. The largest absolute Gasteiger partial charge is 0.493 e. The number of urea groups is 1. The first kappa shape index (κ1) is 30.0. The molecule has 1 heterocycles. The van der Waals surface area contributed by atoms with Crippen LogP contribution in [-0.2, 0) is 14.3 Å². The van der Waals surface area contributed by atoms with Crippen molar-refractivity contribution >= 4 is 58.3 Å². The van der Waals surface area contributed by atoms with Gasteiger partial charge in [0.05, 0.1) is 41.7 Å².